The van der Waals surface area contributed by atoms with Crippen LogP contribution in [0.3, 0.4) is 0 Å². The van der Waals surface area contributed by atoms with Crippen LogP contribution in [0.25, 0.3) is 0 Å². The second-order valence-electron chi connectivity index (χ2n) is 5.55. The van der Waals surface area contributed by atoms with Crippen LogP contribution in [0.15, 0.2) is 24.3 Å². The highest BCUT2D eigenvalue weighted by Crippen LogP contribution is 2.21. The second kappa shape index (κ2) is 6.91. The van der Waals surface area contributed by atoms with Crippen molar-refractivity contribution in [3.63, 3.8) is 0 Å². The predicted molar refractivity (Wildman–Crippen MR) is 82.1 cm³/mol. The molecule has 1 amide bonds. The Kier molecular flexibility index (Phi) is 5.18. The van der Waals surface area contributed by atoms with Crippen molar-refractivity contribution >= 4 is 27.4 Å². The number of carbonyl (C=O) groups excluding carboxylic acids is 2. The van der Waals surface area contributed by atoms with E-state index in [9.17, 15) is 18.0 Å². The van der Waals surface area contributed by atoms with Crippen molar-refractivity contribution in [3.8, 4) is 0 Å². The van der Waals surface area contributed by atoms with Crippen LogP contribution in [0.2, 0.25) is 0 Å². The summed E-state index contributed by atoms with van der Waals surface area (Å²) in [7, 11) is -3.00. The highest BCUT2D eigenvalue weighted by atomic mass is 32.2. The zero-order valence-corrected chi connectivity index (χ0v) is 13.2. The topological polar surface area (TPSA) is 89.5 Å². The zero-order valence-electron chi connectivity index (χ0n) is 12.4. The summed E-state index contributed by atoms with van der Waals surface area (Å²) in [5.74, 6) is -1.01. The minimum atomic E-state index is -3.00. The molecule has 1 aliphatic heterocycles. The van der Waals surface area contributed by atoms with Gasteiger partial charge in [-0.15, -0.1) is 0 Å². The predicted octanol–water partition coefficient (Wildman–Crippen LogP) is 1.30. The van der Waals surface area contributed by atoms with Crippen LogP contribution in [0, 0.1) is 12.8 Å². The summed E-state index contributed by atoms with van der Waals surface area (Å²) in [6.07, 6.45) is 0.518. The lowest BCUT2D eigenvalue weighted by molar-refractivity contribution is -0.148. The molecule has 120 valence electrons. The van der Waals surface area contributed by atoms with Crippen LogP contribution in [-0.4, -0.2) is 38.4 Å². The highest BCUT2D eigenvalue weighted by molar-refractivity contribution is 7.91. The number of carbonyl (C=O) groups is 2. The normalized spacial score (nSPS) is 19.6. The Morgan fingerprint density at radius 3 is 2.55 bits per heavy atom. The number of esters is 1. The maximum Gasteiger partial charge on any atom is 0.306 e. The number of sulfone groups is 1. The van der Waals surface area contributed by atoms with Gasteiger partial charge in [0.05, 0.1) is 11.5 Å². The van der Waals surface area contributed by atoms with Crippen LogP contribution in [0.4, 0.5) is 5.69 Å². The van der Waals surface area contributed by atoms with Gasteiger partial charge in [-0.3, -0.25) is 9.59 Å². The Bertz CT molecular complexity index is 651. The van der Waals surface area contributed by atoms with Gasteiger partial charge in [0.25, 0.3) is 5.91 Å². The van der Waals surface area contributed by atoms with Crippen molar-refractivity contribution in [3.05, 3.63) is 29.8 Å². The Morgan fingerprint density at radius 2 is 1.95 bits per heavy atom. The molecule has 1 aromatic rings. The van der Waals surface area contributed by atoms with Crippen molar-refractivity contribution in [2.75, 3.05) is 23.4 Å². The summed E-state index contributed by atoms with van der Waals surface area (Å²) in [6, 6.07) is 7.25. The smallest absolute Gasteiger partial charge is 0.306 e. The molecule has 1 N–H and O–H groups in total. The van der Waals surface area contributed by atoms with E-state index in [1.54, 1.807) is 12.1 Å². The monoisotopic (exact) mass is 325 g/mol. The highest BCUT2D eigenvalue weighted by Gasteiger charge is 2.29. The van der Waals surface area contributed by atoms with Gasteiger partial charge >= 0.3 is 5.97 Å². The molecule has 1 heterocycles. The van der Waals surface area contributed by atoms with E-state index in [0.717, 1.165) is 5.56 Å². The average molecular weight is 325 g/mol. The average Bonchev–Trinajstić information content (AvgIpc) is 2.78. The fourth-order valence-electron chi connectivity index (χ4n) is 2.31. The number of aryl methyl sites for hydroxylation is 1. The maximum atomic E-state index is 11.7. The van der Waals surface area contributed by atoms with Gasteiger partial charge in [0.1, 0.15) is 0 Å². The number of amides is 1. The molecule has 0 unspecified atom stereocenters. The number of hydrogen-bond donors (Lipinski definition) is 1. The van der Waals surface area contributed by atoms with E-state index in [0.29, 0.717) is 12.1 Å². The first-order valence-corrected chi connectivity index (χ1v) is 8.89. The molecule has 0 spiro atoms. The standard InChI is InChI=1S/C15H19NO5S/c1-11-2-4-13(5-3-11)16-14(17)9-21-15(18)8-12-6-7-22(19,20)10-12/h2-5,12H,6-10H2,1H3,(H,16,17)/t12-/m1/s1. The van der Waals surface area contributed by atoms with Crippen molar-refractivity contribution in [1.29, 1.82) is 0 Å². The fourth-order valence-corrected chi connectivity index (χ4v) is 4.17. The molecule has 2 rings (SSSR count). The van der Waals surface area contributed by atoms with Gasteiger partial charge < -0.3 is 10.1 Å². The molecule has 0 radical (unpaired) electrons. The van der Waals surface area contributed by atoms with Gasteiger partial charge in [-0.25, -0.2) is 8.42 Å². The number of hydrogen-bond acceptors (Lipinski definition) is 5. The third-order valence-electron chi connectivity index (χ3n) is 3.48. The third kappa shape index (κ3) is 5.14. The molecule has 1 fully saturated rings. The van der Waals surface area contributed by atoms with E-state index in [2.05, 4.69) is 5.32 Å². The molecular formula is C15H19NO5S. The molecule has 1 atom stereocenters. The minimum Gasteiger partial charge on any atom is -0.456 e. The maximum absolute atomic E-state index is 11.7. The molecule has 0 aliphatic carbocycles. The Balaban J connectivity index is 1.72. The largest absolute Gasteiger partial charge is 0.456 e. The quantitative estimate of drug-likeness (QED) is 0.824. The molecule has 0 bridgehead atoms. The lowest BCUT2D eigenvalue weighted by Crippen LogP contribution is -2.22. The molecular weight excluding hydrogens is 306 g/mol. The molecule has 1 aliphatic rings. The number of benzene rings is 1. The summed E-state index contributed by atoms with van der Waals surface area (Å²) in [4.78, 5) is 23.3. The number of anilines is 1. The Hall–Kier alpha value is -1.89. The molecule has 22 heavy (non-hydrogen) atoms. The molecule has 6 nitrogen and oxygen atoms in total. The van der Waals surface area contributed by atoms with Gasteiger partial charge in [-0.1, -0.05) is 17.7 Å². The van der Waals surface area contributed by atoms with Crippen LogP contribution < -0.4 is 5.32 Å². The summed E-state index contributed by atoms with van der Waals surface area (Å²) >= 11 is 0. The first kappa shape index (κ1) is 16.5. The second-order valence-corrected chi connectivity index (χ2v) is 7.78. The Morgan fingerprint density at radius 1 is 1.27 bits per heavy atom. The van der Waals surface area contributed by atoms with Gasteiger partial charge in [0, 0.05) is 12.1 Å². The van der Waals surface area contributed by atoms with Gasteiger partial charge in [-0.05, 0) is 31.4 Å². The van der Waals surface area contributed by atoms with E-state index in [1.807, 2.05) is 19.1 Å². The number of rotatable bonds is 5. The SMILES string of the molecule is Cc1ccc(NC(=O)COC(=O)C[C@H]2CCS(=O)(=O)C2)cc1. The fraction of sp³-hybridized carbons (Fsp3) is 0.467. The molecule has 1 aromatic carbocycles. The lowest BCUT2D eigenvalue weighted by atomic mass is 10.1. The van der Waals surface area contributed by atoms with Crippen molar-refractivity contribution in [2.24, 2.45) is 5.92 Å². The van der Waals surface area contributed by atoms with E-state index < -0.39 is 21.7 Å². The molecule has 1 saturated heterocycles. The van der Waals surface area contributed by atoms with Crippen LogP contribution in [0.5, 0.6) is 0 Å². The third-order valence-corrected chi connectivity index (χ3v) is 5.32. The summed E-state index contributed by atoms with van der Waals surface area (Å²) in [5.41, 5.74) is 1.71. The first-order chi connectivity index (χ1) is 10.3. The van der Waals surface area contributed by atoms with E-state index >= 15 is 0 Å². The van der Waals surface area contributed by atoms with Crippen molar-refractivity contribution < 1.29 is 22.7 Å². The van der Waals surface area contributed by atoms with E-state index in [1.165, 1.54) is 0 Å². The molecule has 0 saturated carbocycles. The number of ether oxygens (including phenoxy) is 1. The van der Waals surface area contributed by atoms with Crippen molar-refractivity contribution in [2.45, 2.75) is 19.8 Å². The summed E-state index contributed by atoms with van der Waals surface area (Å²) in [6.45, 7) is 1.57. The molecule has 7 heteroatoms. The van der Waals surface area contributed by atoms with Gasteiger partial charge in [-0.2, -0.15) is 0 Å². The summed E-state index contributed by atoms with van der Waals surface area (Å²) < 4.78 is 27.5. The van der Waals surface area contributed by atoms with Crippen molar-refractivity contribution in [1.82, 2.24) is 0 Å². The van der Waals surface area contributed by atoms with E-state index in [-0.39, 0.29) is 30.5 Å². The lowest BCUT2D eigenvalue weighted by Gasteiger charge is -2.09. The van der Waals surface area contributed by atoms with Crippen LogP contribution in [0.1, 0.15) is 18.4 Å². The van der Waals surface area contributed by atoms with Gasteiger partial charge in [0.15, 0.2) is 16.4 Å². The zero-order chi connectivity index (χ0) is 16.2. The van der Waals surface area contributed by atoms with Crippen LogP contribution >= 0.6 is 0 Å². The first-order valence-electron chi connectivity index (χ1n) is 7.06. The number of nitrogens with one attached hydrogen (secondary N) is 1. The minimum absolute atomic E-state index is 0.0255. The molecule has 0 aromatic heterocycles. The van der Waals surface area contributed by atoms with E-state index in [4.69, 9.17) is 4.74 Å². The van der Waals surface area contributed by atoms with Crippen LogP contribution in [-0.2, 0) is 24.2 Å². The van der Waals surface area contributed by atoms with Gasteiger partial charge in [0.2, 0.25) is 0 Å². The summed E-state index contributed by atoms with van der Waals surface area (Å²) in [5, 5.41) is 2.62. The Labute approximate surface area is 129 Å².